The Morgan fingerprint density at radius 3 is 2.68 bits per heavy atom. The first-order valence-electron chi connectivity index (χ1n) is 6.81. The zero-order valence-corrected chi connectivity index (χ0v) is 12.5. The molecule has 2 N–H and O–H groups in total. The van der Waals surface area contributed by atoms with Crippen LogP contribution in [0, 0.1) is 11.8 Å². The van der Waals surface area contributed by atoms with Gasteiger partial charge in [-0.3, -0.25) is 0 Å². The quantitative estimate of drug-likeness (QED) is 0.887. The molecule has 4 heteroatoms. The van der Waals surface area contributed by atoms with E-state index in [-0.39, 0.29) is 5.75 Å². The highest BCUT2D eigenvalue weighted by molar-refractivity contribution is 6.30. The third kappa shape index (κ3) is 3.15. The van der Waals surface area contributed by atoms with Crippen LogP contribution in [0.15, 0.2) is 12.1 Å². The number of hydrogen-bond donors (Lipinski definition) is 2. The highest BCUT2D eigenvalue weighted by atomic mass is 35.5. The monoisotopic (exact) mass is 283 g/mol. The lowest BCUT2D eigenvalue weighted by Crippen LogP contribution is -2.31. The van der Waals surface area contributed by atoms with Crippen molar-refractivity contribution >= 4 is 11.6 Å². The summed E-state index contributed by atoms with van der Waals surface area (Å²) in [5, 5.41) is 14.2. The van der Waals surface area contributed by atoms with E-state index >= 15 is 0 Å². The first-order valence-corrected chi connectivity index (χ1v) is 7.19. The van der Waals surface area contributed by atoms with E-state index in [0.29, 0.717) is 29.3 Å². The molecule has 1 aromatic carbocycles. The summed E-state index contributed by atoms with van der Waals surface area (Å²) < 4.78 is 5.11. The van der Waals surface area contributed by atoms with Crippen LogP contribution in [-0.4, -0.2) is 18.3 Å². The second-order valence-corrected chi connectivity index (χ2v) is 5.95. The van der Waals surface area contributed by atoms with Crippen LogP contribution in [0.3, 0.4) is 0 Å². The maximum absolute atomic E-state index is 10.1. The van der Waals surface area contributed by atoms with Crippen LogP contribution in [0.25, 0.3) is 0 Å². The van der Waals surface area contributed by atoms with Gasteiger partial charge in [0.2, 0.25) is 0 Å². The minimum Gasteiger partial charge on any atom is -0.504 e. The van der Waals surface area contributed by atoms with Crippen LogP contribution in [0.5, 0.6) is 11.5 Å². The van der Waals surface area contributed by atoms with Gasteiger partial charge in [0.05, 0.1) is 7.11 Å². The number of phenols is 1. The molecule has 3 atom stereocenters. The van der Waals surface area contributed by atoms with E-state index in [1.165, 1.54) is 20.0 Å². The molecule has 1 fully saturated rings. The van der Waals surface area contributed by atoms with E-state index in [0.717, 1.165) is 11.5 Å². The fraction of sp³-hybridized carbons (Fsp3) is 0.600. The highest BCUT2D eigenvalue weighted by Gasteiger charge is 2.29. The number of benzene rings is 1. The molecular weight excluding hydrogens is 262 g/mol. The number of hydrogen-bond acceptors (Lipinski definition) is 3. The maximum atomic E-state index is 10.1. The number of aromatic hydroxyl groups is 1. The van der Waals surface area contributed by atoms with Crippen LogP contribution < -0.4 is 10.1 Å². The number of phenolic OH excluding ortho intramolecular Hbond substituents is 1. The standard InChI is InChI=1S/C15H22ClNO2/c1-9-4-5-13(10(9)2)17-8-11-6-12(16)7-14(19-3)15(11)18/h6-7,9-10,13,17-18H,4-5,8H2,1-3H3. The van der Waals surface area contributed by atoms with Gasteiger partial charge in [-0.05, 0) is 30.7 Å². The third-order valence-electron chi connectivity index (χ3n) is 4.36. The molecule has 0 bridgehead atoms. The molecule has 1 aliphatic rings. The Morgan fingerprint density at radius 1 is 1.37 bits per heavy atom. The van der Waals surface area contributed by atoms with Gasteiger partial charge in [-0.25, -0.2) is 0 Å². The Morgan fingerprint density at radius 2 is 2.11 bits per heavy atom. The highest BCUT2D eigenvalue weighted by Crippen LogP contribution is 2.35. The molecule has 3 unspecified atom stereocenters. The Labute approximate surface area is 119 Å². The number of rotatable bonds is 4. The molecule has 0 radical (unpaired) electrons. The van der Waals surface area contributed by atoms with Crippen molar-refractivity contribution in [2.24, 2.45) is 11.8 Å². The Hall–Kier alpha value is -0.930. The topological polar surface area (TPSA) is 41.5 Å². The summed E-state index contributed by atoms with van der Waals surface area (Å²) >= 11 is 6.03. The van der Waals surface area contributed by atoms with Gasteiger partial charge in [-0.2, -0.15) is 0 Å². The largest absolute Gasteiger partial charge is 0.504 e. The molecule has 0 saturated heterocycles. The summed E-state index contributed by atoms with van der Waals surface area (Å²) in [7, 11) is 1.53. The lowest BCUT2D eigenvalue weighted by atomic mass is 9.97. The third-order valence-corrected chi connectivity index (χ3v) is 4.58. The summed E-state index contributed by atoms with van der Waals surface area (Å²) in [5.74, 6) is 2.04. The molecule has 0 aromatic heterocycles. The Kier molecular flexibility index (Phi) is 4.58. The maximum Gasteiger partial charge on any atom is 0.162 e. The van der Waals surface area contributed by atoms with E-state index in [2.05, 4.69) is 19.2 Å². The van der Waals surface area contributed by atoms with Crippen molar-refractivity contribution in [1.82, 2.24) is 5.32 Å². The lowest BCUT2D eigenvalue weighted by Gasteiger charge is -2.20. The Bertz CT molecular complexity index is 450. The van der Waals surface area contributed by atoms with Gasteiger partial charge in [0.15, 0.2) is 11.5 Å². The SMILES string of the molecule is COc1cc(Cl)cc(CNC2CCC(C)C2C)c1O. The number of methoxy groups -OCH3 is 1. The molecule has 0 amide bonds. The summed E-state index contributed by atoms with van der Waals surface area (Å²) in [5.41, 5.74) is 0.788. The molecule has 0 heterocycles. The van der Waals surface area contributed by atoms with E-state index in [1.54, 1.807) is 12.1 Å². The van der Waals surface area contributed by atoms with Gasteiger partial charge in [0, 0.05) is 29.2 Å². The van der Waals surface area contributed by atoms with Crippen molar-refractivity contribution in [3.05, 3.63) is 22.7 Å². The Balaban J connectivity index is 2.05. The van der Waals surface area contributed by atoms with Crippen molar-refractivity contribution in [3.63, 3.8) is 0 Å². The first-order chi connectivity index (χ1) is 9.02. The van der Waals surface area contributed by atoms with E-state index in [1.807, 2.05) is 0 Å². The molecular formula is C15H22ClNO2. The molecule has 1 aliphatic carbocycles. The molecule has 0 aliphatic heterocycles. The number of nitrogens with one attached hydrogen (secondary N) is 1. The van der Waals surface area contributed by atoms with Crippen molar-refractivity contribution < 1.29 is 9.84 Å². The predicted molar refractivity (Wildman–Crippen MR) is 77.9 cm³/mol. The zero-order valence-electron chi connectivity index (χ0n) is 11.7. The summed E-state index contributed by atoms with van der Waals surface area (Å²) in [6, 6.07) is 3.93. The van der Waals surface area contributed by atoms with Gasteiger partial charge in [0.25, 0.3) is 0 Å². The predicted octanol–water partition coefficient (Wildman–Crippen LogP) is 3.58. The van der Waals surface area contributed by atoms with Crippen molar-refractivity contribution in [1.29, 1.82) is 0 Å². The molecule has 0 spiro atoms. The summed E-state index contributed by atoms with van der Waals surface area (Å²) in [4.78, 5) is 0. The number of ether oxygens (including phenoxy) is 1. The number of halogens is 1. The van der Waals surface area contributed by atoms with Crippen molar-refractivity contribution in [3.8, 4) is 11.5 Å². The smallest absolute Gasteiger partial charge is 0.162 e. The molecule has 19 heavy (non-hydrogen) atoms. The van der Waals surface area contributed by atoms with Gasteiger partial charge in [-0.15, -0.1) is 0 Å². The van der Waals surface area contributed by atoms with Gasteiger partial charge in [0.1, 0.15) is 0 Å². The van der Waals surface area contributed by atoms with Crippen LogP contribution in [0.4, 0.5) is 0 Å². The molecule has 1 aromatic rings. The molecule has 3 nitrogen and oxygen atoms in total. The minimum atomic E-state index is 0.179. The second kappa shape index (κ2) is 6.02. The molecule has 2 rings (SSSR count). The summed E-state index contributed by atoms with van der Waals surface area (Å²) in [6.45, 7) is 5.20. The fourth-order valence-corrected chi connectivity index (χ4v) is 3.04. The van der Waals surface area contributed by atoms with E-state index in [4.69, 9.17) is 16.3 Å². The van der Waals surface area contributed by atoms with Crippen molar-refractivity contribution in [2.75, 3.05) is 7.11 Å². The normalized spacial score (nSPS) is 26.6. The minimum absolute atomic E-state index is 0.179. The lowest BCUT2D eigenvalue weighted by molar-refractivity contribution is 0.356. The van der Waals surface area contributed by atoms with Crippen LogP contribution in [0.2, 0.25) is 5.02 Å². The summed E-state index contributed by atoms with van der Waals surface area (Å²) in [6.07, 6.45) is 2.46. The van der Waals surface area contributed by atoms with Crippen molar-refractivity contribution in [2.45, 2.75) is 39.3 Å². The average molecular weight is 284 g/mol. The van der Waals surface area contributed by atoms with Crippen LogP contribution in [-0.2, 0) is 6.54 Å². The average Bonchev–Trinajstić information content (AvgIpc) is 2.70. The van der Waals surface area contributed by atoms with Crippen LogP contribution >= 0.6 is 11.6 Å². The fourth-order valence-electron chi connectivity index (χ4n) is 2.81. The molecule has 1 saturated carbocycles. The van der Waals surface area contributed by atoms with Crippen LogP contribution in [0.1, 0.15) is 32.3 Å². The zero-order chi connectivity index (χ0) is 14.0. The van der Waals surface area contributed by atoms with Gasteiger partial charge < -0.3 is 15.2 Å². The first kappa shape index (κ1) is 14.5. The van der Waals surface area contributed by atoms with Gasteiger partial charge >= 0.3 is 0 Å². The molecule has 106 valence electrons. The van der Waals surface area contributed by atoms with E-state index in [9.17, 15) is 5.11 Å². The van der Waals surface area contributed by atoms with E-state index < -0.39 is 0 Å². The second-order valence-electron chi connectivity index (χ2n) is 5.52. The van der Waals surface area contributed by atoms with Gasteiger partial charge in [-0.1, -0.05) is 25.4 Å².